The van der Waals surface area contributed by atoms with E-state index in [9.17, 15) is 24.5 Å². The van der Waals surface area contributed by atoms with E-state index in [0.717, 1.165) is 0 Å². The second-order valence-corrected chi connectivity index (χ2v) is 4.74. The quantitative estimate of drug-likeness (QED) is 0.121. The summed E-state index contributed by atoms with van der Waals surface area (Å²) in [5.41, 5.74) is 3.29. The summed E-state index contributed by atoms with van der Waals surface area (Å²) >= 11 is 0. The number of urea groups is 1. The van der Waals surface area contributed by atoms with Gasteiger partial charge in [0, 0.05) is 18.4 Å². The molecule has 0 bridgehead atoms. The first-order valence-electron chi connectivity index (χ1n) is 6.24. The summed E-state index contributed by atoms with van der Waals surface area (Å²) in [7, 11) is 0. The van der Waals surface area contributed by atoms with Gasteiger partial charge in [-0.2, -0.15) is 0 Å². The number of carbonyl (C=O) groups excluding carboxylic acids is 3. The van der Waals surface area contributed by atoms with Gasteiger partial charge in [-0.3, -0.25) is 25.6 Å². The third-order valence-corrected chi connectivity index (χ3v) is 3.01. The molecule has 4 amide bonds. The highest BCUT2D eigenvalue weighted by Gasteiger charge is 2.50. The van der Waals surface area contributed by atoms with Crippen LogP contribution in [0.4, 0.5) is 4.79 Å². The van der Waals surface area contributed by atoms with Gasteiger partial charge in [0.1, 0.15) is 5.41 Å². The number of nitrogens with zero attached hydrogens (tertiary/aromatic N) is 3. The van der Waals surface area contributed by atoms with Crippen molar-refractivity contribution in [3.05, 3.63) is 22.8 Å². The van der Waals surface area contributed by atoms with Crippen LogP contribution in [0.3, 0.4) is 0 Å². The van der Waals surface area contributed by atoms with Crippen molar-refractivity contribution in [2.75, 3.05) is 0 Å². The first-order valence-corrected chi connectivity index (χ1v) is 6.24. The molecule has 0 aromatic heterocycles. The first kappa shape index (κ1) is 17.7. The molecule has 12 nitrogen and oxygen atoms in total. The van der Waals surface area contributed by atoms with Crippen LogP contribution in [0.2, 0.25) is 0 Å². The minimum Gasteiger partial charge on any atom is -0.363 e. The number of carbonyl (C=O) groups is 3. The number of allylic oxidation sites excluding steroid dienone is 1. The average molecular weight is 325 g/mol. The molecule has 1 saturated heterocycles. The molecule has 124 valence electrons. The molecule has 1 rings (SSSR count). The number of nitrogens with two attached hydrogens (primary N) is 1. The summed E-state index contributed by atoms with van der Waals surface area (Å²) in [6.45, 7) is 4.78. The normalized spacial score (nSPS) is 17.1. The highest BCUT2D eigenvalue weighted by atomic mass is 16.7. The number of barbiturate groups is 1. The number of hydrazone groups is 1. The molecule has 0 saturated carbocycles. The molecular weight excluding hydrogens is 310 g/mol. The fraction of sp³-hybridized carbons (Fsp3) is 0.364. The van der Waals surface area contributed by atoms with Crippen molar-refractivity contribution < 1.29 is 19.4 Å². The van der Waals surface area contributed by atoms with Gasteiger partial charge in [0.2, 0.25) is 11.8 Å². The summed E-state index contributed by atoms with van der Waals surface area (Å²) in [6, 6.07) is -0.954. The third kappa shape index (κ3) is 3.66. The Hall–Kier alpha value is -3.31. The predicted molar refractivity (Wildman–Crippen MR) is 77.4 cm³/mol. The summed E-state index contributed by atoms with van der Waals surface area (Å²) in [5, 5.41) is 24.2. The monoisotopic (exact) mass is 325 g/mol. The van der Waals surface area contributed by atoms with E-state index in [1.807, 2.05) is 10.6 Å². The van der Waals surface area contributed by atoms with Crippen molar-refractivity contribution in [2.24, 2.45) is 16.3 Å². The maximum atomic E-state index is 12.1. The van der Waals surface area contributed by atoms with E-state index in [1.54, 1.807) is 0 Å². The van der Waals surface area contributed by atoms with Crippen LogP contribution in [0.25, 0.3) is 0 Å². The first-order chi connectivity index (χ1) is 10.6. The van der Waals surface area contributed by atoms with E-state index in [1.165, 1.54) is 13.0 Å². The zero-order valence-corrected chi connectivity index (χ0v) is 12.2. The Balaban J connectivity index is 3.17. The standard InChI is InChI=1S/C11H15N7O5/c1-3-4-11(7(19)14-10(21)15-8(11)20)5-6(2)16-17(9(12)13)18(22)23/h3H,1,4-5H2,2H3,(H3,12,13)(H2,14,15,19,20,21)/b16-6+. The van der Waals surface area contributed by atoms with Gasteiger partial charge in [-0.05, 0) is 6.42 Å². The molecule has 0 unspecified atom stereocenters. The van der Waals surface area contributed by atoms with Gasteiger partial charge in [-0.1, -0.05) is 6.08 Å². The van der Waals surface area contributed by atoms with E-state index >= 15 is 0 Å². The number of hydrazine groups is 1. The Kier molecular flexibility index (Phi) is 5.12. The SMILES string of the molecule is C=CCC1(C/C(C)=N/N(C(=N)N)[N+](=O)[O-])C(=O)NC(=O)NC1=O. The number of guanidine groups is 1. The lowest BCUT2D eigenvalue weighted by atomic mass is 9.76. The molecule has 0 radical (unpaired) electrons. The molecule has 0 atom stereocenters. The molecule has 0 aromatic carbocycles. The Morgan fingerprint density at radius 1 is 1.48 bits per heavy atom. The molecule has 1 heterocycles. The number of hydrogen-bond donors (Lipinski definition) is 4. The molecule has 1 aliphatic rings. The van der Waals surface area contributed by atoms with Gasteiger partial charge in [-0.15, -0.1) is 6.58 Å². The smallest absolute Gasteiger partial charge is 0.328 e. The van der Waals surface area contributed by atoms with E-state index in [4.69, 9.17) is 11.1 Å². The summed E-state index contributed by atoms with van der Waals surface area (Å²) in [5.74, 6) is -2.67. The number of amides is 4. The summed E-state index contributed by atoms with van der Waals surface area (Å²) in [4.78, 5) is 46.1. The lowest BCUT2D eigenvalue weighted by Crippen LogP contribution is -2.62. The molecule has 0 aliphatic carbocycles. The molecule has 1 fully saturated rings. The minimum absolute atomic E-state index is 0.000726. The predicted octanol–water partition coefficient (Wildman–Crippen LogP) is -0.932. The average Bonchev–Trinajstić information content (AvgIpc) is 2.41. The Morgan fingerprint density at radius 2 is 2.00 bits per heavy atom. The molecule has 12 heteroatoms. The molecular formula is C11H15N7O5. The van der Waals surface area contributed by atoms with Gasteiger partial charge < -0.3 is 15.8 Å². The van der Waals surface area contributed by atoms with Crippen LogP contribution in [-0.2, 0) is 9.59 Å². The van der Waals surface area contributed by atoms with E-state index in [0.29, 0.717) is 0 Å². The second-order valence-electron chi connectivity index (χ2n) is 4.74. The van der Waals surface area contributed by atoms with Crippen molar-refractivity contribution in [3.63, 3.8) is 0 Å². The maximum Gasteiger partial charge on any atom is 0.328 e. The van der Waals surface area contributed by atoms with Gasteiger partial charge in [0.15, 0.2) is 5.71 Å². The fourth-order valence-electron chi connectivity index (χ4n) is 2.06. The van der Waals surface area contributed by atoms with Crippen LogP contribution in [0.5, 0.6) is 0 Å². The largest absolute Gasteiger partial charge is 0.363 e. The van der Waals surface area contributed by atoms with Crippen LogP contribution in [0, 0.1) is 20.9 Å². The molecule has 0 spiro atoms. The minimum atomic E-state index is -1.72. The number of nitrogens with one attached hydrogen (secondary N) is 3. The van der Waals surface area contributed by atoms with Crippen molar-refractivity contribution in [2.45, 2.75) is 19.8 Å². The summed E-state index contributed by atoms with van der Waals surface area (Å²) < 4.78 is 0. The van der Waals surface area contributed by atoms with Crippen molar-refractivity contribution >= 4 is 29.5 Å². The van der Waals surface area contributed by atoms with E-state index in [-0.39, 0.29) is 23.7 Å². The topological polar surface area (TPSA) is 184 Å². The van der Waals surface area contributed by atoms with Crippen LogP contribution in [-0.4, -0.2) is 39.7 Å². The van der Waals surface area contributed by atoms with Crippen LogP contribution in [0.15, 0.2) is 17.8 Å². The van der Waals surface area contributed by atoms with Gasteiger partial charge in [0.05, 0.1) is 10.2 Å². The highest BCUT2D eigenvalue weighted by molar-refractivity contribution is 6.20. The maximum absolute atomic E-state index is 12.1. The van der Waals surface area contributed by atoms with Crippen LogP contribution < -0.4 is 16.4 Å². The van der Waals surface area contributed by atoms with Crippen LogP contribution in [0.1, 0.15) is 19.8 Å². The zero-order chi connectivity index (χ0) is 17.8. The number of nitro groups is 1. The van der Waals surface area contributed by atoms with Gasteiger partial charge >= 0.3 is 6.03 Å². The Morgan fingerprint density at radius 3 is 2.39 bits per heavy atom. The number of rotatable bonds is 6. The third-order valence-electron chi connectivity index (χ3n) is 3.01. The zero-order valence-electron chi connectivity index (χ0n) is 12.2. The van der Waals surface area contributed by atoms with E-state index in [2.05, 4.69) is 11.7 Å². The Bertz CT molecular complexity index is 592. The number of hydrogen-bond acceptors (Lipinski definition) is 7. The van der Waals surface area contributed by atoms with Crippen LogP contribution >= 0.6 is 0 Å². The molecule has 5 N–H and O–H groups in total. The molecule has 23 heavy (non-hydrogen) atoms. The van der Waals surface area contributed by atoms with Crippen molar-refractivity contribution in [3.8, 4) is 0 Å². The Labute approximate surface area is 130 Å². The molecule has 1 aliphatic heterocycles. The lowest BCUT2D eigenvalue weighted by Gasteiger charge is -2.32. The van der Waals surface area contributed by atoms with Gasteiger partial charge in [-0.25, -0.2) is 4.79 Å². The van der Waals surface area contributed by atoms with Crippen molar-refractivity contribution in [1.82, 2.24) is 15.8 Å². The second kappa shape index (κ2) is 6.64. The summed E-state index contributed by atoms with van der Waals surface area (Å²) in [6.07, 6.45) is 0.851. The van der Waals surface area contributed by atoms with Gasteiger partial charge in [0.25, 0.3) is 5.96 Å². The fourth-order valence-corrected chi connectivity index (χ4v) is 2.06. The van der Waals surface area contributed by atoms with E-state index < -0.39 is 34.3 Å². The highest BCUT2D eigenvalue weighted by Crippen LogP contribution is 2.30. The molecule has 0 aromatic rings. The van der Waals surface area contributed by atoms with Crippen molar-refractivity contribution in [1.29, 1.82) is 5.41 Å². The lowest BCUT2D eigenvalue weighted by molar-refractivity contribution is -0.631. The number of imide groups is 2.